The molecule has 2 aromatic carbocycles. The van der Waals surface area contributed by atoms with Gasteiger partial charge in [-0.3, -0.25) is 9.69 Å². The van der Waals surface area contributed by atoms with E-state index in [1.807, 2.05) is 27.8 Å². The summed E-state index contributed by atoms with van der Waals surface area (Å²) in [7, 11) is 0. The molecule has 1 amide bonds. The van der Waals surface area contributed by atoms with Gasteiger partial charge in [-0.1, -0.05) is 6.07 Å². The predicted molar refractivity (Wildman–Crippen MR) is 99.2 cm³/mol. The lowest BCUT2D eigenvalue weighted by molar-refractivity contribution is -0.118. The minimum absolute atomic E-state index is 0.0179. The summed E-state index contributed by atoms with van der Waals surface area (Å²) in [6.07, 6.45) is 1.90. The van der Waals surface area contributed by atoms with E-state index < -0.39 is 17.7 Å². The Bertz CT molecular complexity index is 1000. The predicted octanol–water partition coefficient (Wildman–Crippen LogP) is 3.95. The fraction of sp³-hybridized carbons (Fsp3) is 0.190. The van der Waals surface area contributed by atoms with Gasteiger partial charge in [0, 0.05) is 42.3 Å². The number of nitrogens with zero attached hydrogens (tertiary/aromatic N) is 2. The van der Waals surface area contributed by atoms with Gasteiger partial charge in [0.25, 0.3) is 0 Å². The third-order valence-corrected chi connectivity index (χ3v) is 4.87. The van der Waals surface area contributed by atoms with E-state index in [-0.39, 0.29) is 18.3 Å². The van der Waals surface area contributed by atoms with Crippen molar-refractivity contribution >= 4 is 11.6 Å². The van der Waals surface area contributed by atoms with Crippen LogP contribution in [0, 0.1) is 17.5 Å². The molecule has 1 aliphatic heterocycles. The van der Waals surface area contributed by atoms with Crippen LogP contribution in [0.1, 0.15) is 17.3 Å². The van der Waals surface area contributed by atoms with Gasteiger partial charge < -0.3 is 9.88 Å². The Hall–Kier alpha value is -3.06. The molecule has 0 spiro atoms. The van der Waals surface area contributed by atoms with Crippen LogP contribution in [-0.4, -0.2) is 28.5 Å². The van der Waals surface area contributed by atoms with Crippen LogP contribution in [0.25, 0.3) is 0 Å². The first-order valence-corrected chi connectivity index (χ1v) is 8.91. The smallest absolute Gasteiger partial charge is 0.238 e. The second-order valence-electron chi connectivity index (χ2n) is 6.72. The lowest BCUT2D eigenvalue weighted by Crippen LogP contribution is -2.43. The SMILES string of the molecule is O=C(CN1CCn2cccc2C1c1ccc(F)cc1F)Nc1ccc(F)cc1. The summed E-state index contributed by atoms with van der Waals surface area (Å²) >= 11 is 0. The molecule has 1 atom stereocenters. The van der Waals surface area contributed by atoms with Crippen molar-refractivity contribution in [2.75, 3.05) is 18.4 Å². The van der Waals surface area contributed by atoms with Crippen molar-refractivity contribution in [1.29, 1.82) is 0 Å². The van der Waals surface area contributed by atoms with Crippen LogP contribution in [-0.2, 0) is 11.3 Å². The molecule has 144 valence electrons. The molecule has 3 aromatic rings. The molecule has 7 heteroatoms. The van der Waals surface area contributed by atoms with Gasteiger partial charge in [0.1, 0.15) is 17.5 Å². The molecule has 28 heavy (non-hydrogen) atoms. The number of benzene rings is 2. The third-order valence-electron chi connectivity index (χ3n) is 4.87. The van der Waals surface area contributed by atoms with Gasteiger partial charge in [0.15, 0.2) is 0 Å². The number of hydrogen-bond acceptors (Lipinski definition) is 2. The Kier molecular flexibility index (Phi) is 4.92. The maximum Gasteiger partial charge on any atom is 0.238 e. The van der Waals surface area contributed by atoms with E-state index in [1.54, 1.807) is 0 Å². The first-order valence-electron chi connectivity index (χ1n) is 8.91. The summed E-state index contributed by atoms with van der Waals surface area (Å²) in [5, 5.41) is 2.72. The molecule has 0 bridgehead atoms. The normalized spacial score (nSPS) is 16.6. The molecule has 1 N–H and O–H groups in total. The quantitative estimate of drug-likeness (QED) is 0.739. The highest BCUT2D eigenvalue weighted by Gasteiger charge is 2.32. The fourth-order valence-corrected chi connectivity index (χ4v) is 3.60. The zero-order valence-corrected chi connectivity index (χ0v) is 14.9. The molecule has 1 aliphatic rings. The molecule has 0 saturated carbocycles. The van der Waals surface area contributed by atoms with E-state index in [4.69, 9.17) is 0 Å². The number of amides is 1. The average Bonchev–Trinajstić information content (AvgIpc) is 3.13. The van der Waals surface area contributed by atoms with Gasteiger partial charge in [-0.2, -0.15) is 0 Å². The number of halogens is 3. The fourth-order valence-electron chi connectivity index (χ4n) is 3.60. The number of nitrogens with one attached hydrogen (secondary N) is 1. The second kappa shape index (κ2) is 7.52. The zero-order valence-electron chi connectivity index (χ0n) is 14.9. The molecule has 4 rings (SSSR count). The average molecular weight is 385 g/mol. The first kappa shape index (κ1) is 18.3. The highest BCUT2D eigenvalue weighted by atomic mass is 19.1. The Morgan fingerprint density at radius 1 is 1.00 bits per heavy atom. The Labute approximate surface area is 160 Å². The minimum Gasteiger partial charge on any atom is -0.348 e. The molecule has 4 nitrogen and oxygen atoms in total. The number of aromatic nitrogens is 1. The molecule has 1 unspecified atom stereocenters. The van der Waals surface area contributed by atoms with Gasteiger partial charge in [-0.15, -0.1) is 0 Å². The molecule has 0 aliphatic carbocycles. The minimum atomic E-state index is -0.649. The monoisotopic (exact) mass is 385 g/mol. The number of fused-ring (bicyclic) bond motifs is 1. The van der Waals surface area contributed by atoms with Crippen LogP contribution in [0.15, 0.2) is 60.8 Å². The molecule has 1 aromatic heterocycles. The van der Waals surface area contributed by atoms with Crippen molar-refractivity contribution in [3.05, 3.63) is 89.5 Å². The van der Waals surface area contributed by atoms with Gasteiger partial charge in [-0.05, 0) is 42.5 Å². The Morgan fingerprint density at radius 3 is 2.50 bits per heavy atom. The van der Waals surface area contributed by atoms with Crippen LogP contribution >= 0.6 is 0 Å². The van der Waals surface area contributed by atoms with Crippen molar-refractivity contribution in [1.82, 2.24) is 9.47 Å². The van der Waals surface area contributed by atoms with Crippen molar-refractivity contribution < 1.29 is 18.0 Å². The van der Waals surface area contributed by atoms with Crippen LogP contribution in [0.5, 0.6) is 0 Å². The molecular weight excluding hydrogens is 367 g/mol. The number of carbonyl (C=O) groups excluding carboxylic acids is 1. The van der Waals surface area contributed by atoms with Crippen molar-refractivity contribution in [2.45, 2.75) is 12.6 Å². The molecule has 0 saturated heterocycles. The summed E-state index contributed by atoms with van der Waals surface area (Å²) in [6.45, 7) is 1.20. The maximum atomic E-state index is 14.5. The van der Waals surface area contributed by atoms with Crippen LogP contribution in [0.2, 0.25) is 0 Å². The van der Waals surface area contributed by atoms with E-state index in [0.29, 0.717) is 24.3 Å². The summed E-state index contributed by atoms with van der Waals surface area (Å²) in [6, 6.07) is 12.2. The van der Waals surface area contributed by atoms with Crippen molar-refractivity contribution in [3.8, 4) is 0 Å². The highest BCUT2D eigenvalue weighted by molar-refractivity contribution is 5.92. The van der Waals surface area contributed by atoms with Gasteiger partial charge in [-0.25, -0.2) is 13.2 Å². The molecular formula is C21H18F3N3O. The lowest BCUT2D eigenvalue weighted by Gasteiger charge is -2.37. The van der Waals surface area contributed by atoms with Gasteiger partial charge >= 0.3 is 0 Å². The first-order chi connectivity index (χ1) is 13.5. The summed E-state index contributed by atoms with van der Waals surface area (Å²) in [4.78, 5) is 14.4. The number of anilines is 1. The van der Waals surface area contributed by atoms with Crippen LogP contribution in [0.4, 0.5) is 18.9 Å². The Morgan fingerprint density at radius 2 is 1.75 bits per heavy atom. The van der Waals surface area contributed by atoms with Gasteiger partial charge in [0.05, 0.1) is 12.6 Å². The van der Waals surface area contributed by atoms with E-state index >= 15 is 0 Å². The molecule has 0 radical (unpaired) electrons. The van der Waals surface area contributed by atoms with Gasteiger partial charge in [0.2, 0.25) is 5.91 Å². The molecule has 0 fully saturated rings. The van der Waals surface area contributed by atoms with E-state index in [2.05, 4.69) is 5.32 Å². The summed E-state index contributed by atoms with van der Waals surface area (Å²) < 4.78 is 42.9. The second-order valence-corrected chi connectivity index (χ2v) is 6.72. The topological polar surface area (TPSA) is 37.3 Å². The number of rotatable bonds is 4. The highest BCUT2D eigenvalue weighted by Crippen LogP contribution is 2.33. The zero-order chi connectivity index (χ0) is 19.7. The van der Waals surface area contributed by atoms with E-state index in [1.165, 1.54) is 36.4 Å². The number of carbonyl (C=O) groups is 1. The lowest BCUT2D eigenvalue weighted by atomic mass is 9.99. The largest absolute Gasteiger partial charge is 0.348 e. The van der Waals surface area contributed by atoms with Crippen molar-refractivity contribution in [3.63, 3.8) is 0 Å². The number of hydrogen-bond donors (Lipinski definition) is 1. The maximum absolute atomic E-state index is 14.5. The third kappa shape index (κ3) is 3.66. The van der Waals surface area contributed by atoms with Crippen LogP contribution in [0.3, 0.4) is 0 Å². The van der Waals surface area contributed by atoms with E-state index in [9.17, 15) is 18.0 Å². The van der Waals surface area contributed by atoms with Crippen molar-refractivity contribution in [2.24, 2.45) is 0 Å². The Balaban J connectivity index is 1.59. The van der Waals surface area contributed by atoms with Crippen LogP contribution < -0.4 is 5.32 Å². The summed E-state index contributed by atoms with van der Waals surface area (Å²) in [5.74, 6) is -1.97. The van der Waals surface area contributed by atoms with E-state index in [0.717, 1.165) is 11.8 Å². The molecule has 2 heterocycles. The summed E-state index contributed by atoms with van der Waals surface area (Å²) in [5.41, 5.74) is 1.64. The standard InChI is InChI=1S/C21H18F3N3O/c22-14-3-6-16(7-4-14)25-20(28)13-27-11-10-26-9-1-2-19(26)21(27)17-8-5-15(23)12-18(17)24/h1-9,12,21H,10-11,13H2,(H,25,28).